The zero-order valence-corrected chi connectivity index (χ0v) is 11.4. The Morgan fingerprint density at radius 3 is 2.75 bits per heavy atom. The summed E-state index contributed by atoms with van der Waals surface area (Å²) in [5.74, 6) is 0.322. The SMILES string of the molecule is Cc1ccc([N+](=O)[O-])c(Oc2c(Cl)cccc2CO)c1. The number of nitro benzene ring substituents is 1. The van der Waals surface area contributed by atoms with Crippen LogP contribution in [0.4, 0.5) is 5.69 Å². The van der Waals surface area contributed by atoms with E-state index in [-0.39, 0.29) is 28.8 Å². The number of ether oxygens (including phenoxy) is 1. The highest BCUT2D eigenvalue weighted by Gasteiger charge is 2.18. The molecule has 20 heavy (non-hydrogen) atoms. The highest BCUT2D eigenvalue weighted by molar-refractivity contribution is 6.32. The first kappa shape index (κ1) is 14.3. The minimum atomic E-state index is -0.524. The van der Waals surface area contributed by atoms with Gasteiger partial charge >= 0.3 is 5.69 Å². The quantitative estimate of drug-likeness (QED) is 0.686. The predicted molar refractivity (Wildman–Crippen MR) is 75.3 cm³/mol. The summed E-state index contributed by atoms with van der Waals surface area (Å²) < 4.78 is 5.57. The van der Waals surface area contributed by atoms with Crippen molar-refractivity contribution in [2.75, 3.05) is 0 Å². The summed E-state index contributed by atoms with van der Waals surface area (Å²) in [5, 5.41) is 20.6. The second-order valence-corrected chi connectivity index (χ2v) is 4.62. The van der Waals surface area contributed by atoms with Crippen LogP contribution in [0.25, 0.3) is 0 Å². The minimum absolute atomic E-state index is 0.0952. The Balaban J connectivity index is 2.50. The predicted octanol–water partition coefficient (Wildman–Crippen LogP) is 3.84. The van der Waals surface area contributed by atoms with E-state index in [1.807, 2.05) is 0 Å². The second kappa shape index (κ2) is 5.90. The standard InChI is InChI=1S/C14H12ClNO4/c1-9-5-6-12(16(18)19)13(7-9)20-14-10(8-17)3-2-4-11(14)15/h2-7,17H,8H2,1H3. The Bertz CT molecular complexity index is 658. The van der Waals surface area contributed by atoms with Crippen molar-refractivity contribution in [3.8, 4) is 11.5 Å². The molecule has 2 rings (SSSR count). The van der Waals surface area contributed by atoms with Gasteiger partial charge in [-0.15, -0.1) is 0 Å². The van der Waals surface area contributed by atoms with Gasteiger partial charge in [0.1, 0.15) is 0 Å². The van der Waals surface area contributed by atoms with E-state index >= 15 is 0 Å². The highest BCUT2D eigenvalue weighted by atomic mass is 35.5. The largest absolute Gasteiger partial charge is 0.448 e. The normalized spacial score (nSPS) is 10.3. The summed E-state index contributed by atoms with van der Waals surface area (Å²) in [4.78, 5) is 10.5. The number of aliphatic hydroxyl groups excluding tert-OH is 1. The van der Waals surface area contributed by atoms with Gasteiger partial charge in [0.25, 0.3) is 0 Å². The number of hydrogen-bond donors (Lipinski definition) is 1. The van der Waals surface area contributed by atoms with Crippen LogP contribution in [-0.4, -0.2) is 10.0 Å². The molecule has 0 bridgehead atoms. The molecular formula is C14H12ClNO4. The van der Waals surface area contributed by atoms with Crippen LogP contribution >= 0.6 is 11.6 Å². The lowest BCUT2D eigenvalue weighted by Crippen LogP contribution is -1.97. The number of rotatable bonds is 4. The molecule has 0 saturated carbocycles. The average molecular weight is 294 g/mol. The lowest BCUT2D eigenvalue weighted by Gasteiger charge is -2.12. The van der Waals surface area contributed by atoms with Crippen LogP contribution in [0.15, 0.2) is 36.4 Å². The fourth-order valence-electron chi connectivity index (χ4n) is 1.76. The molecule has 0 aromatic heterocycles. The Hall–Kier alpha value is -2.11. The van der Waals surface area contributed by atoms with Crippen molar-refractivity contribution in [2.45, 2.75) is 13.5 Å². The summed E-state index contributed by atoms with van der Waals surface area (Å²) in [6.45, 7) is 1.53. The van der Waals surface area contributed by atoms with Crippen LogP contribution in [0.1, 0.15) is 11.1 Å². The summed E-state index contributed by atoms with van der Waals surface area (Å²) in [5.41, 5.74) is 1.14. The summed E-state index contributed by atoms with van der Waals surface area (Å²) in [7, 11) is 0. The summed E-state index contributed by atoms with van der Waals surface area (Å²) >= 11 is 6.02. The Morgan fingerprint density at radius 2 is 2.10 bits per heavy atom. The van der Waals surface area contributed by atoms with Crippen LogP contribution in [-0.2, 0) is 6.61 Å². The Kier molecular flexibility index (Phi) is 4.22. The van der Waals surface area contributed by atoms with Crippen molar-refractivity contribution < 1.29 is 14.8 Å². The molecule has 2 aromatic rings. The highest BCUT2D eigenvalue weighted by Crippen LogP contribution is 2.37. The van der Waals surface area contributed by atoms with Crippen molar-refractivity contribution in [3.63, 3.8) is 0 Å². The molecule has 0 saturated heterocycles. The van der Waals surface area contributed by atoms with Gasteiger partial charge in [-0.25, -0.2) is 0 Å². The molecular weight excluding hydrogens is 282 g/mol. The molecule has 0 radical (unpaired) electrons. The Morgan fingerprint density at radius 1 is 1.35 bits per heavy atom. The van der Waals surface area contributed by atoms with E-state index in [2.05, 4.69) is 0 Å². The van der Waals surface area contributed by atoms with E-state index in [0.29, 0.717) is 5.56 Å². The van der Waals surface area contributed by atoms with Crippen molar-refractivity contribution in [2.24, 2.45) is 0 Å². The zero-order chi connectivity index (χ0) is 14.7. The van der Waals surface area contributed by atoms with Crippen molar-refractivity contribution >= 4 is 17.3 Å². The number of nitro groups is 1. The molecule has 104 valence electrons. The maximum absolute atomic E-state index is 11.0. The third-order valence-electron chi connectivity index (χ3n) is 2.74. The third-order valence-corrected chi connectivity index (χ3v) is 3.04. The topological polar surface area (TPSA) is 72.6 Å². The number of hydrogen-bond acceptors (Lipinski definition) is 4. The van der Waals surface area contributed by atoms with E-state index in [1.165, 1.54) is 6.07 Å². The molecule has 0 heterocycles. The van der Waals surface area contributed by atoms with Gasteiger partial charge in [0.2, 0.25) is 5.75 Å². The molecule has 2 aromatic carbocycles. The molecule has 0 fully saturated rings. The monoisotopic (exact) mass is 293 g/mol. The molecule has 0 unspecified atom stereocenters. The number of nitrogens with zero attached hydrogens (tertiary/aromatic N) is 1. The van der Waals surface area contributed by atoms with Gasteiger partial charge < -0.3 is 9.84 Å². The van der Waals surface area contributed by atoms with Gasteiger partial charge in [-0.3, -0.25) is 10.1 Å². The first-order valence-corrected chi connectivity index (χ1v) is 6.22. The fourth-order valence-corrected chi connectivity index (χ4v) is 1.99. The van der Waals surface area contributed by atoms with Crippen LogP contribution in [0.2, 0.25) is 5.02 Å². The molecule has 0 atom stereocenters. The number of para-hydroxylation sites is 1. The first-order chi connectivity index (χ1) is 9.52. The van der Waals surface area contributed by atoms with Crippen LogP contribution in [0.3, 0.4) is 0 Å². The molecule has 0 spiro atoms. The number of aliphatic hydroxyl groups is 1. The summed E-state index contributed by atoms with van der Waals surface area (Å²) in [6, 6.07) is 9.47. The maximum Gasteiger partial charge on any atom is 0.311 e. The zero-order valence-electron chi connectivity index (χ0n) is 10.7. The van der Waals surface area contributed by atoms with Crippen molar-refractivity contribution in [1.82, 2.24) is 0 Å². The van der Waals surface area contributed by atoms with E-state index in [0.717, 1.165) is 5.56 Å². The molecule has 0 aliphatic carbocycles. The molecule has 6 heteroatoms. The lowest BCUT2D eigenvalue weighted by atomic mass is 10.2. The first-order valence-electron chi connectivity index (χ1n) is 5.84. The van der Waals surface area contributed by atoms with Crippen molar-refractivity contribution in [3.05, 3.63) is 62.7 Å². The van der Waals surface area contributed by atoms with Gasteiger partial charge in [0.05, 0.1) is 16.6 Å². The Labute approximate surface area is 120 Å². The van der Waals surface area contributed by atoms with Crippen LogP contribution in [0, 0.1) is 17.0 Å². The molecule has 5 nitrogen and oxygen atoms in total. The number of aryl methyl sites for hydroxylation is 1. The van der Waals surface area contributed by atoms with Crippen LogP contribution < -0.4 is 4.74 Å². The van der Waals surface area contributed by atoms with E-state index in [9.17, 15) is 15.2 Å². The van der Waals surface area contributed by atoms with Gasteiger partial charge in [-0.2, -0.15) is 0 Å². The average Bonchev–Trinajstić information content (AvgIpc) is 2.40. The van der Waals surface area contributed by atoms with E-state index in [1.54, 1.807) is 37.3 Å². The van der Waals surface area contributed by atoms with E-state index < -0.39 is 4.92 Å². The molecule has 0 aliphatic rings. The fraction of sp³-hybridized carbons (Fsp3) is 0.143. The van der Waals surface area contributed by atoms with Crippen LogP contribution in [0.5, 0.6) is 11.5 Å². The summed E-state index contributed by atoms with van der Waals surface area (Å²) in [6.07, 6.45) is 0. The van der Waals surface area contributed by atoms with Gasteiger partial charge in [-0.05, 0) is 24.6 Å². The molecule has 0 amide bonds. The smallest absolute Gasteiger partial charge is 0.311 e. The number of halogens is 1. The van der Waals surface area contributed by atoms with Gasteiger partial charge in [-0.1, -0.05) is 29.8 Å². The van der Waals surface area contributed by atoms with Crippen molar-refractivity contribution in [1.29, 1.82) is 0 Å². The molecule has 1 N–H and O–H groups in total. The third kappa shape index (κ3) is 2.89. The number of benzene rings is 2. The van der Waals surface area contributed by atoms with Gasteiger partial charge in [0.15, 0.2) is 5.75 Å². The lowest BCUT2D eigenvalue weighted by molar-refractivity contribution is -0.385. The van der Waals surface area contributed by atoms with E-state index in [4.69, 9.17) is 16.3 Å². The molecule has 0 aliphatic heterocycles. The van der Waals surface area contributed by atoms with Gasteiger partial charge in [0, 0.05) is 11.6 Å². The maximum atomic E-state index is 11.0. The second-order valence-electron chi connectivity index (χ2n) is 4.22. The minimum Gasteiger partial charge on any atom is -0.448 e.